The van der Waals surface area contributed by atoms with Crippen LogP contribution in [-0.4, -0.2) is 88.7 Å². The third-order valence-electron chi connectivity index (χ3n) is 5.75. The van der Waals surface area contributed by atoms with E-state index in [4.69, 9.17) is 0 Å². The summed E-state index contributed by atoms with van der Waals surface area (Å²) >= 11 is 0. The standard InChI is InChI=1S/C19H22N4O6S/c24-16(22-8-6-21(7-9-22)13-5-10-30(28,29)12-13)11-23-18(25)15-4-2-1-3-14(15)17(20-23)19(26)27/h1-4,13H,5-12H2,(H,26,27). The number of benzene rings is 1. The van der Waals surface area contributed by atoms with E-state index in [2.05, 4.69) is 10.00 Å². The summed E-state index contributed by atoms with van der Waals surface area (Å²) in [6.07, 6.45) is 0.616. The number of amides is 1. The number of carbonyl (C=O) groups excluding carboxylic acids is 1. The highest BCUT2D eigenvalue weighted by atomic mass is 32.2. The number of hydrogen-bond donors (Lipinski definition) is 1. The molecule has 0 bridgehead atoms. The van der Waals surface area contributed by atoms with Gasteiger partial charge >= 0.3 is 5.97 Å². The second-order valence-corrected chi connectivity index (χ2v) is 9.86. The summed E-state index contributed by atoms with van der Waals surface area (Å²) in [5.74, 6) is -1.23. The van der Waals surface area contributed by atoms with Crippen LogP contribution in [-0.2, 0) is 21.2 Å². The highest BCUT2D eigenvalue weighted by molar-refractivity contribution is 7.91. The van der Waals surface area contributed by atoms with Crippen LogP contribution in [0.2, 0.25) is 0 Å². The SMILES string of the molecule is O=C(O)c1nn(CC(=O)N2CCN(C3CCS(=O)(=O)C3)CC2)c(=O)c2ccccc12. The van der Waals surface area contributed by atoms with E-state index in [1.165, 1.54) is 12.1 Å². The number of hydrogen-bond acceptors (Lipinski definition) is 7. The second-order valence-electron chi connectivity index (χ2n) is 7.64. The Morgan fingerprint density at radius 1 is 1.10 bits per heavy atom. The molecule has 2 fully saturated rings. The lowest BCUT2D eigenvalue weighted by Gasteiger charge is -2.37. The van der Waals surface area contributed by atoms with E-state index in [-0.39, 0.29) is 46.5 Å². The van der Waals surface area contributed by atoms with Gasteiger partial charge in [-0.25, -0.2) is 17.9 Å². The van der Waals surface area contributed by atoms with Gasteiger partial charge in [-0.2, -0.15) is 5.10 Å². The minimum absolute atomic E-state index is 0.00449. The second kappa shape index (κ2) is 7.80. The Labute approximate surface area is 172 Å². The molecule has 11 heteroatoms. The maximum atomic E-state index is 12.7. The van der Waals surface area contributed by atoms with Crippen LogP contribution in [0.3, 0.4) is 0 Å². The van der Waals surface area contributed by atoms with Gasteiger partial charge in [0.2, 0.25) is 5.91 Å². The van der Waals surface area contributed by atoms with Crippen molar-refractivity contribution in [3.63, 3.8) is 0 Å². The average molecular weight is 434 g/mol. The van der Waals surface area contributed by atoms with Crippen LogP contribution in [0, 0.1) is 0 Å². The van der Waals surface area contributed by atoms with Gasteiger partial charge in [-0.05, 0) is 12.5 Å². The largest absolute Gasteiger partial charge is 0.476 e. The Balaban J connectivity index is 1.47. The minimum Gasteiger partial charge on any atom is -0.476 e. The molecule has 0 saturated carbocycles. The first kappa shape index (κ1) is 20.5. The number of sulfone groups is 1. The van der Waals surface area contributed by atoms with Crippen LogP contribution >= 0.6 is 0 Å². The number of aromatic carboxylic acids is 1. The number of carboxylic acids is 1. The van der Waals surface area contributed by atoms with Gasteiger partial charge in [0.15, 0.2) is 15.5 Å². The molecule has 30 heavy (non-hydrogen) atoms. The molecule has 2 aliphatic rings. The van der Waals surface area contributed by atoms with Gasteiger partial charge in [0.1, 0.15) is 6.54 Å². The number of carbonyl (C=O) groups is 2. The van der Waals surface area contributed by atoms with Crippen LogP contribution in [0.1, 0.15) is 16.9 Å². The smallest absolute Gasteiger partial charge is 0.357 e. The van der Waals surface area contributed by atoms with E-state index in [0.717, 1.165) is 4.68 Å². The molecule has 3 heterocycles. The van der Waals surface area contributed by atoms with Crippen molar-refractivity contribution in [3.8, 4) is 0 Å². The Morgan fingerprint density at radius 3 is 2.37 bits per heavy atom. The summed E-state index contributed by atoms with van der Waals surface area (Å²) in [7, 11) is -2.97. The maximum absolute atomic E-state index is 12.7. The molecular formula is C19H22N4O6S. The molecule has 2 aliphatic heterocycles. The predicted octanol–water partition coefficient (Wildman–Crippen LogP) is -0.574. The number of fused-ring (bicyclic) bond motifs is 1. The van der Waals surface area contributed by atoms with E-state index >= 15 is 0 Å². The summed E-state index contributed by atoms with van der Waals surface area (Å²) in [5, 5.41) is 13.8. The summed E-state index contributed by atoms with van der Waals surface area (Å²) in [5.41, 5.74) is -0.788. The summed E-state index contributed by atoms with van der Waals surface area (Å²) in [6, 6.07) is 6.28. The summed E-state index contributed by atoms with van der Waals surface area (Å²) in [6.45, 7) is 1.62. The lowest BCUT2D eigenvalue weighted by atomic mass is 10.1. The molecule has 10 nitrogen and oxygen atoms in total. The molecule has 1 aromatic heterocycles. The van der Waals surface area contributed by atoms with Crippen LogP contribution in [0.5, 0.6) is 0 Å². The minimum atomic E-state index is -2.97. The van der Waals surface area contributed by atoms with Crippen molar-refractivity contribution in [3.05, 3.63) is 40.3 Å². The molecule has 0 aliphatic carbocycles. The molecule has 4 rings (SSSR count). The molecule has 1 unspecified atom stereocenters. The van der Waals surface area contributed by atoms with E-state index < -0.39 is 21.4 Å². The number of aromatic nitrogens is 2. The number of rotatable bonds is 4. The van der Waals surface area contributed by atoms with Crippen LogP contribution in [0.15, 0.2) is 29.1 Å². The Bertz CT molecular complexity index is 1170. The molecular weight excluding hydrogens is 412 g/mol. The van der Waals surface area contributed by atoms with Crippen molar-refractivity contribution < 1.29 is 23.1 Å². The highest BCUT2D eigenvalue weighted by Crippen LogP contribution is 2.19. The predicted molar refractivity (Wildman–Crippen MR) is 108 cm³/mol. The molecule has 0 spiro atoms. The first-order valence-electron chi connectivity index (χ1n) is 9.70. The molecule has 1 N–H and O–H groups in total. The molecule has 160 valence electrons. The summed E-state index contributed by atoms with van der Waals surface area (Å²) < 4.78 is 24.3. The van der Waals surface area contributed by atoms with Crippen LogP contribution < -0.4 is 5.56 Å². The first-order chi connectivity index (χ1) is 14.2. The zero-order chi connectivity index (χ0) is 21.5. The molecule has 1 aromatic carbocycles. The fourth-order valence-corrected chi connectivity index (χ4v) is 5.89. The van der Waals surface area contributed by atoms with Gasteiger partial charge < -0.3 is 10.0 Å². The Hall–Kier alpha value is -2.79. The maximum Gasteiger partial charge on any atom is 0.357 e. The fourth-order valence-electron chi connectivity index (χ4n) is 4.13. The molecule has 2 saturated heterocycles. The highest BCUT2D eigenvalue weighted by Gasteiger charge is 2.34. The quantitative estimate of drug-likeness (QED) is 0.677. The van der Waals surface area contributed by atoms with Crippen molar-refractivity contribution in [1.29, 1.82) is 0 Å². The Morgan fingerprint density at radius 2 is 1.77 bits per heavy atom. The van der Waals surface area contributed by atoms with Crippen LogP contribution in [0.25, 0.3) is 10.8 Å². The van der Waals surface area contributed by atoms with E-state index in [0.29, 0.717) is 32.6 Å². The molecule has 1 amide bonds. The zero-order valence-corrected chi connectivity index (χ0v) is 17.0. The summed E-state index contributed by atoms with van der Waals surface area (Å²) in [4.78, 5) is 40.7. The lowest BCUT2D eigenvalue weighted by Crippen LogP contribution is -2.53. The van der Waals surface area contributed by atoms with E-state index in [9.17, 15) is 27.9 Å². The van der Waals surface area contributed by atoms with Crippen molar-refractivity contribution in [2.75, 3.05) is 37.7 Å². The van der Waals surface area contributed by atoms with Gasteiger partial charge in [-0.15, -0.1) is 0 Å². The van der Waals surface area contributed by atoms with E-state index in [1.807, 2.05) is 0 Å². The Kier molecular flexibility index (Phi) is 5.33. The average Bonchev–Trinajstić information content (AvgIpc) is 3.09. The topological polar surface area (TPSA) is 130 Å². The molecule has 2 aromatic rings. The number of piperazine rings is 1. The third kappa shape index (κ3) is 3.94. The van der Waals surface area contributed by atoms with Gasteiger partial charge in [-0.3, -0.25) is 14.5 Å². The van der Waals surface area contributed by atoms with Gasteiger partial charge in [0.05, 0.1) is 16.9 Å². The van der Waals surface area contributed by atoms with Crippen molar-refractivity contribution in [2.24, 2.45) is 0 Å². The lowest BCUT2D eigenvalue weighted by molar-refractivity contribution is -0.134. The zero-order valence-electron chi connectivity index (χ0n) is 16.2. The monoisotopic (exact) mass is 434 g/mol. The van der Waals surface area contributed by atoms with Crippen molar-refractivity contribution >= 4 is 32.5 Å². The third-order valence-corrected chi connectivity index (χ3v) is 7.50. The number of nitrogens with zero attached hydrogens (tertiary/aromatic N) is 4. The van der Waals surface area contributed by atoms with Gasteiger partial charge in [0, 0.05) is 37.6 Å². The normalized spacial score (nSPS) is 21.7. The van der Waals surface area contributed by atoms with Gasteiger partial charge in [-0.1, -0.05) is 18.2 Å². The van der Waals surface area contributed by atoms with E-state index in [1.54, 1.807) is 17.0 Å². The number of carboxylic acid groups (broad SMARTS) is 1. The van der Waals surface area contributed by atoms with Crippen LogP contribution in [0.4, 0.5) is 0 Å². The first-order valence-corrected chi connectivity index (χ1v) is 11.5. The van der Waals surface area contributed by atoms with Crippen molar-refractivity contribution in [2.45, 2.75) is 19.0 Å². The van der Waals surface area contributed by atoms with Crippen molar-refractivity contribution in [1.82, 2.24) is 19.6 Å². The van der Waals surface area contributed by atoms with Gasteiger partial charge in [0.25, 0.3) is 5.56 Å². The molecule has 1 atom stereocenters. The fraction of sp³-hybridized carbons (Fsp3) is 0.474. The molecule has 0 radical (unpaired) electrons.